The predicted octanol–water partition coefficient (Wildman–Crippen LogP) is 4.21. The third kappa shape index (κ3) is 3.53. The van der Waals surface area contributed by atoms with E-state index in [2.05, 4.69) is 15.5 Å². The number of benzene rings is 2. The molecule has 1 N–H and O–H groups in total. The number of hydrogen-bond acceptors (Lipinski definition) is 5. The first kappa shape index (κ1) is 19.3. The molecule has 6 nitrogen and oxygen atoms in total. The van der Waals surface area contributed by atoms with Gasteiger partial charge in [-0.3, -0.25) is 14.9 Å². The van der Waals surface area contributed by atoms with E-state index in [9.17, 15) is 9.59 Å². The molecule has 7 heteroatoms. The van der Waals surface area contributed by atoms with Crippen molar-refractivity contribution in [2.24, 2.45) is 0 Å². The Morgan fingerprint density at radius 1 is 1.07 bits per heavy atom. The number of carbonyl (C=O) groups excluding carboxylic acids is 2. The fourth-order valence-corrected chi connectivity index (χ4v) is 4.47. The van der Waals surface area contributed by atoms with Crippen LogP contribution in [0.2, 0.25) is 0 Å². The van der Waals surface area contributed by atoms with Crippen LogP contribution in [-0.2, 0) is 4.79 Å². The van der Waals surface area contributed by atoms with Gasteiger partial charge in [-0.05, 0) is 17.2 Å². The van der Waals surface area contributed by atoms with Crippen LogP contribution in [0.4, 0.5) is 5.13 Å². The van der Waals surface area contributed by atoms with E-state index in [1.54, 1.807) is 18.0 Å². The molecule has 0 fully saturated rings. The molecule has 4 rings (SSSR count). The second-order valence-corrected chi connectivity index (χ2v) is 8.44. The summed E-state index contributed by atoms with van der Waals surface area (Å²) in [7, 11) is 1.75. The van der Waals surface area contributed by atoms with Crippen molar-refractivity contribution < 1.29 is 9.59 Å². The molecule has 29 heavy (non-hydrogen) atoms. The first-order chi connectivity index (χ1) is 14.0. The topological polar surface area (TPSA) is 75.2 Å². The monoisotopic (exact) mass is 406 g/mol. The number of rotatable bonds is 4. The number of likely N-dealkylation sites (N-methyl/N-ethyl adjacent to an activating group) is 1. The van der Waals surface area contributed by atoms with E-state index in [1.165, 1.54) is 11.3 Å². The molecule has 0 spiro atoms. The number of aromatic nitrogens is 2. The summed E-state index contributed by atoms with van der Waals surface area (Å²) in [5.41, 5.74) is 2.20. The zero-order valence-electron chi connectivity index (χ0n) is 16.5. The van der Waals surface area contributed by atoms with E-state index in [0.29, 0.717) is 10.7 Å². The fourth-order valence-electron chi connectivity index (χ4n) is 3.73. The lowest BCUT2D eigenvalue weighted by molar-refractivity contribution is -0.119. The van der Waals surface area contributed by atoms with Gasteiger partial charge in [-0.2, -0.15) is 0 Å². The molecular weight excluding hydrogens is 384 g/mol. The van der Waals surface area contributed by atoms with E-state index in [-0.39, 0.29) is 17.7 Å². The minimum Gasteiger partial charge on any atom is -0.334 e. The Bertz CT molecular complexity index is 1050. The number of hydrogen-bond donors (Lipinski definition) is 1. The second kappa shape index (κ2) is 7.75. The molecule has 0 saturated carbocycles. The summed E-state index contributed by atoms with van der Waals surface area (Å²) in [6.07, 6.45) is 0. The number of nitrogens with one attached hydrogen (secondary N) is 1. The lowest BCUT2D eigenvalue weighted by atomic mass is 9.79. The van der Waals surface area contributed by atoms with E-state index in [1.807, 2.05) is 62.4 Å². The Morgan fingerprint density at radius 2 is 1.76 bits per heavy atom. The normalized spacial score (nSPS) is 18.6. The third-order valence-electron chi connectivity index (χ3n) is 5.17. The van der Waals surface area contributed by atoms with Crippen LogP contribution in [0, 0.1) is 0 Å². The summed E-state index contributed by atoms with van der Waals surface area (Å²) in [4.78, 5) is 28.1. The van der Waals surface area contributed by atoms with Gasteiger partial charge in [-0.1, -0.05) is 73.7 Å². The number of nitrogens with zero attached hydrogens (tertiary/aromatic N) is 3. The highest BCUT2D eigenvalue weighted by Gasteiger charge is 2.42. The summed E-state index contributed by atoms with van der Waals surface area (Å²) in [5, 5.41) is 12.5. The van der Waals surface area contributed by atoms with Crippen LogP contribution in [0.25, 0.3) is 0 Å². The maximum atomic E-state index is 13.4. The van der Waals surface area contributed by atoms with Gasteiger partial charge in [0.1, 0.15) is 5.01 Å². The Balaban J connectivity index is 1.76. The van der Waals surface area contributed by atoms with Crippen molar-refractivity contribution in [2.75, 3.05) is 12.4 Å². The largest absolute Gasteiger partial charge is 0.334 e. The highest BCUT2D eigenvalue weighted by atomic mass is 32.1. The van der Waals surface area contributed by atoms with Crippen LogP contribution in [0.5, 0.6) is 0 Å². The smallest absolute Gasteiger partial charge is 0.254 e. The van der Waals surface area contributed by atoms with Crippen LogP contribution in [0.3, 0.4) is 0 Å². The molecule has 148 valence electrons. The number of fused-ring (bicyclic) bond motifs is 1. The minimum atomic E-state index is -0.553. The molecule has 0 bridgehead atoms. The van der Waals surface area contributed by atoms with Gasteiger partial charge in [0.05, 0.1) is 12.0 Å². The van der Waals surface area contributed by atoms with Crippen molar-refractivity contribution in [3.8, 4) is 0 Å². The van der Waals surface area contributed by atoms with Gasteiger partial charge >= 0.3 is 0 Å². The molecule has 2 aromatic carbocycles. The van der Waals surface area contributed by atoms with Crippen LogP contribution in [0.1, 0.15) is 58.2 Å². The molecule has 1 aliphatic rings. The van der Waals surface area contributed by atoms with Crippen LogP contribution in [0.15, 0.2) is 54.6 Å². The molecule has 2 amide bonds. The van der Waals surface area contributed by atoms with Crippen molar-refractivity contribution in [1.29, 1.82) is 0 Å². The molecule has 2 heterocycles. The highest BCUT2D eigenvalue weighted by Crippen LogP contribution is 2.42. The van der Waals surface area contributed by atoms with E-state index < -0.39 is 12.0 Å². The number of amides is 2. The minimum absolute atomic E-state index is 0.0866. The second-order valence-electron chi connectivity index (χ2n) is 7.43. The van der Waals surface area contributed by atoms with Gasteiger partial charge in [0.15, 0.2) is 0 Å². The van der Waals surface area contributed by atoms with Crippen LogP contribution >= 0.6 is 11.3 Å². The van der Waals surface area contributed by atoms with Crippen molar-refractivity contribution >= 4 is 28.3 Å². The molecule has 1 aromatic heterocycles. The molecule has 0 unspecified atom stereocenters. The molecule has 1 aliphatic heterocycles. The van der Waals surface area contributed by atoms with Crippen molar-refractivity contribution in [3.05, 3.63) is 76.3 Å². The quantitative estimate of drug-likeness (QED) is 0.704. The summed E-state index contributed by atoms with van der Waals surface area (Å²) >= 11 is 1.38. The molecular formula is C22H22N4O2S. The van der Waals surface area contributed by atoms with Crippen molar-refractivity contribution in [1.82, 2.24) is 15.1 Å². The number of anilines is 1. The first-order valence-corrected chi connectivity index (χ1v) is 10.3. The van der Waals surface area contributed by atoms with Gasteiger partial charge in [-0.25, -0.2) is 0 Å². The SMILES string of the molecule is CC(C)c1nnc(NC(=O)[C@@H]2c3ccccc3C(=O)N(C)[C@@H]2c2ccccc2)s1. The average Bonchev–Trinajstić information content (AvgIpc) is 3.20. The lowest BCUT2D eigenvalue weighted by Gasteiger charge is -2.39. The standard InChI is InChI=1S/C22H22N4O2S/c1-13(2)20-24-25-22(29-20)23-19(27)17-15-11-7-8-12-16(15)21(28)26(3)18(17)14-9-5-4-6-10-14/h4-13,17-18H,1-3H3,(H,23,25,27)/t17-,18-/m1/s1. The Labute approximate surface area is 173 Å². The molecule has 0 aliphatic carbocycles. The number of carbonyl (C=O) groups is 2. The maximum Gasteiger partial charge on any atom is 0.254 e. The Hall–Kier alpha value is -3.06. The molecule has 0 radical (unpaired) electrons. The van der Waals surface area contributed by atoms with Gasteiger partial charge in [0.2, 0.25) is 11.0 Å². The van der Waals surface area contributed by atoms with E-state index in [0.717, 1.165) is 16.1 Å². The van der Waals surface area contributed by atoms with Crippen LogP contribution in [-0.4, -0.2) is 34.0 Å². The predicted molar refractivity (Wildman–Crippen MR) is 113 cm³/mol. The van der Waals surface area contributed by atoms with Gasteiger partial charge < -0.3 is 4.90 Å². The summed E-state index contributed by atoms with van der Waals surface area (Å²) < 4.78 is 0. The Kier molecular flexibility index (Phi) is 5.15. The zero-order chi connectivity index (χ0) is 20.5. The first-order valence-electron chi connectivity index (χ1n) is 9.52. The van der Waals surface area contributed by atoms with Crippen LogP contribution < -0.4 is 5.32 Å². The third-order valence-corrected chi connectivity index (χ3v) is 6.31. The van der Waals surface area contributed by atoms with Crippen molar-refractivity contribution in [2.45, 2.75) is 31.7 Å². The average molecular weight is 407 g/mol. The van der Waals surface area contributed by atoms with Gasteiger partial charge in [-0.15, -0.1) is 10.2 Å². The summed E-state index contributed by atoms with van der Waals surface area (Å²) in [5.74, 6) is -0.592. The zero-order valence-corrected chi connectivity index (χ0v) is 17.3. The summed E-state index contributed by atoms with van der Waals surface area (Å²) in [6, 6.07) is 16.6. The highest BCUT2D eigenvalue weighted by molar-refractivity contribution is 7.15. The molecule has 0 saturated heterocycles. The van der Waals surface area contributed by atoms with Crippen molar-refractivity contribution in [3.63, 3.8) is 0 Å². The van der Waals surface area contributed by atoms with Gasteiger partial charge in [0, 0.05) is 18.5 Å². The van der Waals surface area contributed by atoms with E-state index >= 15 is 0 Å². The van der Waals surface area contributed by atoms with E-state index in [4.69, 9.17) is 0 Å². The molecule has 3 aromatic rings. The Morgan fingerprint density at radius 3 is 2.45 bits per heavy atom. The fraction of sp³-hybridized carbons (Fsp3) is 0.273. The summed E-state index contributed by atoms with van der Waals surface area (Å²) in [6.45, 7) is 4.07. The molecule has 2 atom stereocenters. The maximum absolute atomic E-state index is 13.4. The van der Waals surface area contributed by atoms with Gasteiger partial charge in [0.25, 0.3) is 5.91 Å². The lowest BCUT2D eigenvalue weighted by Crippen LogP contribution is -2.44.